The first kappa shape index (κ1) is 5.65. The first-order valence-electron chi connectivity index (χ1n) is 1.60. The molecular weight excluding hydrogens is 92.1 g/mol. The largest absolute Gasteiger partial charge is 0.108 e. The minimum atomic E-state index is 0.858. The summed E-state index contributed by atoms with van der Waals surface area (Å²) in [5.41, 5.74) is 0. The van der Waals surface area contributed by atoms with Crippen molar-refractivity contribution >= 4 is 11.8 Å². The number of hydrogen-bond donors (Lipinski definition) is 0. The van der Waals surface area contributed by atoms with Crippen molar-refractivity contribution in [3.8, 4) is 11.7 Å². The molecule has 0 aliphatic rings. The van der Waals surface area contributed by atoms with E-state index in [9.17, 15) is 0 Å². The monoisotopic (exact) mass is 98.0 g/mol. The third-order valence-corrected chi connectivity index (χ3v) is 0.854. The highest BCUT2D eigenvalue weighted by Gasteiger charge is 1.66. The van der Waals surface area contributed by atoms with E-state index < -0.39 is 0 Å². The van der Waals surface area contributed by atoms with Gasteiger partial charge in [-0.3, -0.25) is 0 Å². The summed E-state index contributed by atoms with van der Waals surface area (Å²) in [5.74, 6) is 0.858. The quantitative estimate of drug-likeness (QED) is 0.286. The molecule has 0 amide bonds. The molecule has 0 aromatic carbocycles. The summed E-state index contributed by atoms with van der Waals surface area (Å²) in [4.78, 5) is 0. The Bertz CT molecular complexity index is 68.5. The molecule has 0 radical (unpaired) electrons. The molecule has 0 atom stereocenters. The third-order valence-electron chi connectivity index (χ3n) is 0.285. The fraction of sp³-hybridized carbons (Fsp3) is 0.200. The molecule has 0 aliphatic heterocycles. The maximum atomic E-state index is 4.88. The average molecular weight is 98.2 g/mol. The molecule has 1 heteroatoms. The predicted octanol–water partition coefficient (Wildman–Crippen LogP) is 1.50. The standard InChI is InChI=1S/C5H6S/c1-3-5-6-4-2/h2-3H,1,5H2. The van der Waals surface area contributed by atoms with Crippen LogP contribution in [0.3, 0.4) is 0 Å². The van der Waals surface area contributed by atoms with Gasteiger partial charge in [0.25, 0.3) is 0 Å². The topological polar surface area (TPSA) is 0 Å². The normalized spacial score (nSPS) is 6.50. The Morgan fingerprint density at radius 1 is 2.00 bits per heavy atom. The Balaban J connectivity index is 2.72. The van der Waals surface area contributed by atoms with Gasteiger partial charge in [0.15, 0.2) is 0 Å². The summed E-state index contributed by atoms with van der Waals surface area (Å²) in [7, 11) is 0. The van der Waals surface area contributed by atoms with E-state index in [2.05, 4.69) is 11.8 Å². The van der Waals surface area contributed by atoms with Crippen molar-refractivity contribution in [2.45, 2.75) is 0 Å². The fourth-order valence-electron chi connectivity index (χ4n) is 0.107. The second kappa shape index (κ2) is 4.65. The number of thioether (sulfide) groups is 1. The Hall–Kier alpha value is -0.350. The summed E-state index contributed by atoms with van der Waals surface area (Å²) in [6.45, 7) is 3.48. The van der Waals surface area contributed by atoms with E-state index in [0.29, 0.717) is 0 Å². The van der Waals surface area contributed by atoms with Crippen molar-refractivity contribution < 1.29 is 0 Å². The lowest BCUT2D eigenvalue weighted by molar-refractivity contribution is 1.84. The van der Waals surface area contributed by atoms with Crippen molar-refractivity contribution in [1.29, 1.82) is 0 Å². The molecule has 0 heterocycles. The molecule has 0 unspecified atom stereocenters. The Morgan fingerprint density at radius 2 is 2.67 bits per heavy atom. The van der Waals surface area contributed by atoms with Gasteiger partial charge < -0.3 is 0 Å². The summed E-state index contributed by atoms with van der Waals surface area (Å²) in [5, 5.41) is 2.41. The zero-order valence-electron chi connectivity index (χ0n) is 3.48. The van der Waals surface area contributed by atoms with Gasteiger partial charge in [-0.2, -0.15) is 0 Å². The van der Waals surface area contributed by atoms with Crippen LogP contribution < -0.4 is 0 Å². The highest BCUT2D eigenvalue weighted by molar-refractivity contribution is 8.04. The highest BCUT2D eigenvalue weighted by atomic mass is 32.2. The van der Waals surface area contributed by atoms with Crippen molar-refractivity contribution in [1.82, 2.24) is 0 Å². The Morgan fingerprint density at radius 3 is 2.83 bits per heavy atom. The lowest BCUT2D eigenvalue weighted by atomic mass is 10.8. The van der Waals surface area contributed by atoms with Crippen molar-refractivity contribution in [3.63, 3.8) is 0 Å². The zero-order chi connectivity index (χ0) is 4.83. The SMILES string of the molecule is C#CSCC=C. The second-order valence-electron chi connectivity index (χ2n) is 0.718. The van der Waals surface area contributed by atoms with E-state index in [1.54, 1.807) is 6.08 Å². The molecule has 0 saturated heterocycles. The van der Waals surface area contributed by atoms with Crippen LogP contribution in [0.2, 0.25) is 0 Å². The number of terminal acetylenes is 1. The molecule has 0 spiro atoms. The molecule has 6 heavy (non-hydrogen) atoms. The molecule has 0 rings (SSSR count). The predicted molar refractivity (Wildman–Crippen MR) is 31.5 cm³/mol. The van der Waals surface area contributed by atoms with Gasteiger partial charge >= 0.3 is 0 Å². The van der Waals surface area contributed by atoms with Crippen LogP contribution in [-0.2, 0) is 0 Å². The summed E-state index contributed by atoms with van der Waals surface area (Å²) < 4.78 is 0. The van der Waals surface area contributed by atoms with E-state index >= 15 is 0 Å². The van der Waals surface area contributed by atoms with Gasteiger partial charge in [0.05, 0.1) is 0 Å². The first-order valence-corrected chi connectivity index (χ1v) is 2.58. The molecular formula is C5H6S. The summed E-state index contributed by atoms with van der Waals surface area (Å²) >= 11 is 1.42. The molecule has 0 bridgehead atoms. The van der Waals surface area contributed by atoms with E-state index in [1.165, 1.54) is 11.8 Å². The van der Waals surface area contributed by atoms with Gasteiger partial charge in [-0.05, 0) is 5.25 Å². The van der Waals surface area contributed by atoms with Gasteiger partial charge in [-0.25, -0.2) is 0 Å². The van der Waals surface area contributed by atoms with Crippen molar-refractivity contribution in [2.24, 2.45) is 0 Å². The molecule has 0 N–H and O–H groups in total. The molecule has 0 saturated carbocycles. The number of hydrogen-bond acceptors (Lipinski definition) is 1. The summed E-state index contributed by atoms with van der Waals surface area (Å²) in [6.07, 6.45) is 6.66. The maximum Gasteiger partial charge on any atom is 0.0234 e. The minimum absolute atomic E-state index is 0.858. The lowest BCUT2D eigenvalue weighted by Gasteiger charge is -1.73. The molecule has 0 nitrogen and oxygen atoms in total. The van der Waals surface area contributed by atoms with Crippen LogP contribution in [0.4, 0.5) is 0 Å². The van der Waals surface area contributed by atoms with Gasteiger partial charge in [-0.1, -0.05) is 17.8 Å². The van der Waals surface area contributed by atoms with E-state index in [-0.39, 0.29) is 0 Å². The van der Waals surface area contributed by atoms with Crippen molar-refractivity contribution in [2.75, 3.05) is 5.75 Å². The van der Waals surface area contributed by atoms with Crippen LogP contribution in [0.25, 0.3) is 0 Å². The zero-order valence-corrected chi connectivity index (χ0v) is 4.29. The molecule has 0 aromatic heterocycles. The van der Waals surface area contributed by atoms with Crippen LogP contribution in [-0.4, -0.2) is 5.75 Å². The molecule has 0 aromatic rings. The lowest BCUT2D eigenvalue weighted by Crippen LogP contribution is -1.57. The second-order valence-corrected chi connectivity index (χ2v) is 1.58. The van der Waals surface area contributed by atoms with Crippen LogP contribution in [0.5, 0.6) is 0 Å². The van der Waals surface area contributed by atoms with Crippen molar-refractivity contribution in [3.05, 3.63) is 12.7 Å². The van der Waals surface area contributed by atoms with E-state index in [4.69, 9.17) is 6.42 Å². The van der Waals surface area contributed by atoms with Crippen LogP contribution in [0, 0.1) is 11.7 Å². The Labute approximate surface area is 42.6 Å². The van der Waals surface area contributed by atoms with Crippen LogP contribution in [0.1, 0.15) is 0 Å². The van der Waals surface area contributed by atoms with Gasteiger partial charge in [0.1, 0.15) is 0 Å². The van der Waals surface area contributed by atoms with E-state index in [0.717, 1.165) is 5.75 Å². The maximum absolute atomic E-state index is 4.88. The van der Waals surface area contributed by atoms with Gasteiger partial charge in [-0.15, -0.1) is 13.0 Å². The first-order chi connectivity index (χ1) is 2.91. The number of rotatable bonds is 2. The smallest absolute Gasteiger partial charge is 0.0234 e. The summed E-state index contributed by atoms with van der Waals surface area (Å²) in [6, 6.07) is 0. The highest BCUT2D eigenvalue weighted by Crippen LogP contribution is 1.92. The molecule has 0 fully saturated rings. The van der Waals surface area contributed by atoms with E-state index in [1.807, 2.05) is 0 Å². The minimum Gasteiger partial charge on any atom is -0.108 e. The van der Waals surface area contributed by atoms with Crippen LogP contribution >= 0.6 is 11.8 Å². The van der Waals surface area contributed by atoms with Crippen LogP contribution in [0.15, 0.2) is 12.7 Å². The van der Waals surface area contributed by atoms with Gasteiger partial charge in [0, 0.05) is 5.75 Å². The fourth-order valence-corrected chi connectivity index (χ4v) is 0.321. The third kappa shape index (κ3) is 3.65. The molecule has 32 valence electrons. The Kier molecular flexibility index (Phi) is 4.38. The van der Waals surface area contributed by atoms with Gasteiger partial charge in [0.2, 0.25) is 0 Å². The average Bonchev–Trinajstić information content (AvgIpc) is 1.61. The molecule has 0 aliphatic carbocycles.